The first-order chi connectivity index (χ1) is 38.4. The maximum atomic E-state index is 18.3. The van der Waals surface area contributed by atoms with Crippen LogP contribution in [0.5, 0.6) is 0 Å². The lowest BCUT2D eigenvalue weighted by atomic mass is 9.90. The predicted molar refractivity (Wildman–Crippen MR) is 346 cm³/mol. The minimum atomic E-state index is -1.71. The Hall–Kier alpha value is -8.43. The molecule has 0 N–H and O–H groups in total. The van der Waals surface area contributed by atoms with E-state index in [1.165, 1.54) is 10.4 Å². The SMILES string of the molecule is Cc1ccccc1-c1cc(F)c(N(c2ccc([Si](C)(C)C)cc2)c2ccc3ccc4c(N(c5ccc([Si](C)(C)C)cc5)c5c(F)cc(-c6ccccc6C)cc5-c5ccccc5C)ccc5ccc2c3c54)c(-c2ccccc2C)c1. The van der Waals surface area contributed by atoms with Crippen molar-refractivity contribution in [2.24, 2.45) is 0 Å². The molecular formula is C74H66F2N2Si2. The van der Waals surface area contributed by atoms with E-state index in [1.807, 2.05) is 48.5 Å². The normalized spacial score (nSPS) is 12.0. The van der Waals surface area contributed by atoms with Gasteiger partial charge in [-0.2, -0.15) is 0 Å². The first kappa shape index (κ1) is 52.3. The van der Waals surface area contributed by atoms with Crippen LogP contribution in [0.2, 0.25) is 39.3 Å². The summed E-state index contributed by atoms with van der Waals surface area (Å²) in [7, 11) is -3.43. The molecule has 0 aliphatic carbocycles. The Kier molecular flexibility index (Phi) is 13.3. The third-order valence-corrected chi connectivity index (χ3v) is 20.6. The second-order valence-corrected chi connectivity index (χ2v) is 34.0. The van der Waals surface area contributed by atoms with Crippen molar-refractivity contribution >= 4 is 93.0 Å². The number of nitrogens with zero attached hydrogens (tertiary/aromatic N) is 2. The van der Waals surface area contributed by atoms with Crippen molar-refractivity contribution < 1.29 is 8.78 Å². The van der Waals surface area contributed by atoms with Crippen LogP contribution < -0.4 is 20.2 Å². The quantitative estimate of drug-likeness (QED) is 0.0889. The van der Waals surface area contributed by atoms with Crippen molar-refractivity contribution in [1.29, 1.82) is 0 Å². The van der Waals surface area contributed by atoms with Crippen LogP contribution in [0.3, 0.4) is 0 Å². The van der Waals surface area contributed by atoms with Crippen LogP contribution in [0.4, 0.5) is 42.9 Å². The van der Waals surface area contributed by atoms with Crippen LogP contribution in [-0.2, 0) is 0 Å². The molecule has 2 nitrogen and oxygen atoms in total. The van der Waals surface area contributed by atoms with E-state index in [2.05, 4.69) is 235 Å². The summed E-state index contributed by atoms with van der Waals surface area (Å²) in [6, 6.07) is 76.1. The highest BCUT2D eigenvalue weighted by Gasteiger charge is 2.30. The molecule has 80 heavy (non-hydrogen) atoms. The lowest BCUT2D eigenvalue weighted by molar-refractivity contribution is 0.629. The number of hydrogen-bond donors (Lipinski definition) is 0. The average molecular weight is 1080 g/mol. The Bertz CT molecular complexity index is 4060. The monoisotopic (exact) mass is 1080 g/mol. The molecule has 12 aromatic rings. The third-order valence-electron chi connectivity index (χ3n) is 16.4. The Labute approximate surface area is 472 Å². The summed E-state index contributed by atoms with van der Waals surface area (Å²) >= 11 is 0. The maximum absolute atomic E-state index is 18.3. The van der Waals surface area contributed by atoms with Gasteiger partial charge in [0.15, 0.2) is 0 Å². The van der Waals surface area contributed by atoms with Crippen LogP contribution in [0.1, 0.15) is 22.3 Å². The van der Waals surface area contributed by atoms with Gasteiger partial charge in [0.25, 0.3) is 0 Å². The summed E-state index contributed by atoms with van der Waals surface area (Å²) in [5.41, 5.74) is 15.8. The van der Waals surface area contributed by atoms with Gasteiger partial charge in [0, 0.05) is 33.3 Å². The topological polar surface area (TPSA) is 6.48 Å². The summed E-state index contributed by atoms with van der Waals surface area (Å²) in [6.45, 7) is 22.5. The largest absolute Gasteiger partial charge is 0.307 e. The summed E-state index contributed by atoms with van der Waals surface area (Å²) in [5.74, 6) is -0.635. The number of halogens is 2. The zero-order chi connectivity index (χ0) is 55.8. The lowest BCUT2D eigenvalue weighted by Crippen LogP contribution is -2.37. The van der Waals surface area contributed by atoms with Crippen LogP contribution in [-0.4, -0.2) is 16.1 Å². The average Bonchev–Trinajstić information content (AvgIpc) is 3.63. The highest BCUT2D eigenvalue weighted by molar-refractivity contribution is 6.89. The van der Waals surface area contributed by atoms with E-state index in [0.29, 0.717) is 11.4 Å². The Balaban J connectivity index is 1.15. The molecule has 12 rings (SSSR count). The summed E-state index contributed by atoms with van der Waals surface area (Å²) in [4.78, 5) is 4.32. The summed E-state index contributed by atoms with van der Waals surface area (Å²) < 4.78 is 36.5. The number of hydrogen-bond acceptors (Lipinski definition) is 2. The first-order valence-electron chi connectivity index (χ1n) is 27.9. The highest BCUT2D eigenvalue weighted by Crippen LogP contribution is 2.52. The van der Waals surface area contributed by atoms with Crippen LogP contribution in [0, 0.1) is 39.3 Å². The molecule has 0 fully saturated rings. The van der Waals surface area contributed by atoms with E-state index in [-0.39, 0.29) is 11.6 Å². The first-order valence-corrected chi connectivity index (χ1v) is 34.9. The van der Waals surface area contributed by atoms with Crippen molar-refractivity contribution in [1.82, 2.24) is 0 Å². The summed E-state index contributed by atoms with van der Waals surface area (Å²) in [5, 5.41) is 8.83. The van der Waals surface area contributed by atoms with Crippen LogP contribution in [0.25, 0.3) is 76.8 Å². The standard InChI is InChI=1S/C74H66F2N2Si2/c1-47-19-11-15-23-59(47)53-43-65(61-25-17-13-21-49(61)3)73(67(75)45-53)77(55-31-35-57(36-32-55)79(5,6)7)69-41-29-51-28-40-64-70(42-30-52-27-39-63(69)71(51)72(52)64)78(56-33-37-58(38-34-56)80(8,9)10)74-66(62-26-18-14-22-50(62)4)44-54(46-68(74)76)60-24-16-12-20-48(60)2/h11-46H,1-10H3. The Morgan fingerprint density at radius 1 is 0.312 bits per heavy atom. The molecule has 6 heteroatoms. The minimum Gasteiger partial charge on any atom is -0.307 e. The fourth-order valence-electron chi connectivity index (χ4n) is 12.1. The minimum absolute atomic E-state index is 0.318. The lowest BCUT2D eigenvalue weighted by Gasteiger charge is -2.32. The molecular weight excluding hydrogens is 1010 g/mol. The molecule has 12 aromatic carbocycles. The molecule has 0 aliphatic rings. The van der Waals surface area contributed by atoms with Crippen molar-refractivity contribution in [3.05, 3.63) is 252 Å². The number of benzene rings is 12. The van der Waals surface area contributed by atoms with Crippen molar-refractivity contribution in [2.45, 2.75) is 67.0 Å². The van der Waals surface area contributed by atoms with Crippen molar-refractivity contribution in [3.8, 4) is 44.5 Å². The van der Waals surface area contributed by atoms with Gasteiger partial charge in [-0.25, -0.2) is 8.78 Å². The second kappa shape index (κ2) is 20.3. The van der Waals surface area contributed by atoms with Gasteiger partial charge < -0.3 is 9.80 Å². The zero-order valence-electron chi connectivity index (χ0n) is 47.4. The fraction of sp³-hybridized carbons (Fsp3) is 0.135. The van der Waals surface area contributed by atoms with E-state index in [9.17, 15) is 0 Å². The van der Waals surface area contributed by atoms with Crippen LogP contribution >= 0.6 is 0 Å². The fourth-order valence-corrected chi connectivity index (χ4v) is 14.4. The molecule has 0 heterocycles. The van der Waals surface area contributed by atoms with Gasteiger partial charge in [0.1, 0.15) is 11.6 Å². The molecule has 0 saturated heterocycles. The van der Waals surface area contributed by atoms with E-state index in [0.717, 1.165) is 122 Å². The third kappa shape index (κ3) is 9.30. The van der Waals surface area contributed by atoms with Gasteiger partial charge in [-0.3, -0.25) is 0 Å². The van der Waals surface area contributed by atoms with Crippen molar-refractivity contribution in [2.75, 3.05) is 9.80 Å². The van der Waals surface area contributed by atoms with E-state index < -0.39 is 16.1 Å². The molecule has 0 spiro atoms. The smallest absolute Gasteiger partial charge is 0.148 e. The molecule has 0 saturated carbocycles. The molecule has 394 valence electrons. The molecule has 0 aromatic heterocycles. The predicted octanol–water partition coefficient (Wildman–Crippen LogP) is 20.8. The Morgan fingerprint density at radius 2 is 0.625 bits per heavy atom. The van der Waals surface area contributed by atoms with E-state index in [1.54, 1.807) is 12.1 Å². The van der Waals surface area contributed by atoms with Gasteiger partial charge in [0.05, 0.1) is 38.9 Å². The molecule has 0 unspecified atom stereocenters. The highest BCUT2D eigenvalue weighted by atomic mass is 28.3. The molecule has 0 aliphatic heterocycles. The molecule has 0 bridgehead atoms. The summed E-state index contributed by atoms with van der Waals surface area (Å²) in [6.07, 6.45) is 0. The molecule has 0 amide bonds. The van der Waals surface area contributed by atoms with Gasteiger partial charge in [0.2, 0.25) is 0 Å². The Morgan fingerprint density at radius 3 is 0.950 bits per heavy atom. The molecule has 0 radical (unpaired) electrons. The van der Waals surface area contributed by atoms with E-state index >= 15 is 8.78 Å². The second-order valence-electron chi connectivity index (χ2n) is 23.8. The van der Waals surface area contributed by atoms with Gasteiger partial charge >= 0.3 is 0 Å². The van der Waals surface area contributed by atoms with Gasteiger partial charge in [-0.1, -0.05) is 207 Å². The molecule has 0 atom stereocenters. The number of rotatable bonds is 12. The maximum Gasteiger partial charge on any atom is 0.148 e. The zero-order valence-corrected chi connectivity index (χ0v) is 49.4. The number of anilines is 6. The van der Waals surface area contributed by atoms with Gasteiger partial charge in [-0.15, -0.1) is 0 Å². The van der Waals surface area contributed by atoms with Gasteiger partial charge in [-0.05, 0) is 166 Å². The number of aryl methyl sites for hydroxylation is 4. The van der Waals surface area contributed by atoms with Crippen molar-refractivity contribution in [3.63, 3.8) is 0 Å². The van der Waals surface area contributed by atoms with E-state index in [4.69, 9.17) is 0 Å². The van der Waals surface area contributed by atoms with Crippen LogP contribution in [0.15, 0.2) is 218 Å².